The molecule has 8 heteroatoms. The topological polar surface area (TPSA) is 77.8 Å². The number of nitrogens with one attached hydrogen (secondary N) is 1. The minimum Gasteiger partial charge on any atom is -0.467 e. The Kier molecular flexibility index (Phi) is 3.93. The van der Waals surface area contributed by atoms with Crippen molar-refractivity contribution >= 4 is 17.5 Å². The van der Waals surface area contributed by atoms with Gasteiger partial charge in [-0.1, -0.05) is 0 Å². The first-order chi connectivity index (χ1) is 8.67. The van der Waals surface area contributed by atoms with Crippen LogP contribution in [-0.4, -0.2) is 38.4 Å². The molecule has 0 unspecified atom stereocenters. The third kappa shape index (κ3) is 3.30. The number of ether oxygens (including phenoxy) is 1. The van der Waals surface area contributed by atoms with Crippen molar-refractivity contribution < 1.29 is 4.74 Å². The maximum Gasteiger partial charge on any atom is 0.322 e. The van der Waals surface area contributed by atoms with E-state index >= 15 is 0 Å². The average Bonchev–Trinajstić information content (AvgIpc) is 2.74. The summed E-state index contributed by atoms with van der Waals surface area (Å²) in [5, 5.41) is 7.25. The van der Waals surface area contributed by atoms with Crippen molar-refractivity contribution in [2.24, 2.45) is 7.05 Å². The molecule has 0 bridgehead atoms. The molecule has 0 aliphatic carbocycles. The summed E-state index contributed by atoms with van der Waals surface area (Å²) in [5.74, 6) is 0.399. The molecule has 18 heavy (non-hydrogen) atoms. The van der Waals surface area contributed by atoms with E-state index in [9.17, 15) is 0 Å². The number of rotatable bonds is 5. The third-order valence-electron chi connectivity index (χ3n) is 2.23. The molecule has 2 aromatic rings. The smallest absolute Gasteiger partial charge is 0.322 e. The van der Waals surface area contributed by atoms with Gasteiger partial charge in [0.2, 0.25) is 11.2 Å². The van der Waals surface area contributed by atoms with Crippen LogP contribution in [0.25, 0.3) is 0 Å². The Hall–Kier alpha value is -1.89. The lowest BCUT2D eigenvalue weighted by Crippen LogP contribution is -2.09. The van der Waals surface area contributed by atoms with E-state index in [1.165, 1.54) is 7.11 Å². The minimum atomic E-state index is 0.103. The van der Waals surface area contributed by atoms with Crippen molar-refractivity contribution in [3.8, 4) is 6.01 Å². The van der Waals surface area contributed by atoms with Crippen LogP contribution in [0.4, 0.5) is 5.95 Å². The summed E-state index contributed by atoms with van der Waals surface area (Å²) in [6.45, 7) is 0.676. The summed E-state index contributed by atoms with van der Waals surface area (Å²) < 4.78 is 6.67. The molecular weight excluding hydrogens is 256 g/mol. The van der Waals surface area contributed by atoms with E-state index in [0.717, 1.165) is 12.0 Å². The lowest BCUT2D eigenvalue weighted by Gasteiger charge is -2.05. The van der Waals surface area contributed by atoms with Crippen LogP contribution in [-0.2, 0) is 13.5 Å². The van der Waals surface area contributed by atoms with E-state index in [2.05, 4.69) is 25.4 Å². The Balaban J connectivity index is 1.91. The second kappa shape index (κ2) is 5.63. The van der Waals surface area contributed by atoms with E-state index in [1.54, 1.807) is 4.68 Å². The lowest BCUT2D eigenvalue weighted by atomic mass is 10.2. The van der Waals surface area contributed by atoms with Gasteiger partial charge in [0, 0.05) is 19.8 Å². The molecule has 0 atom stereocenters. The first-order valence-electron chi connectivity index (χ1n) is 5.34. The number of hydrogen-bond acceptors (Lipinski definition) is 6. The van der Waals surface area contributed by atoms with Gasteiger partial charge in [0.15, 0.2) is 0 Å². The Morgan fingerprint density at radius 3 is 2.89 bits per heavy atom. The maximum absolute atomic E-state index is 5.73. The zero-order chi connectivity index (χ0) is 13.0. The molecule has 0 spiro atoms. The molecule has 7 nitrogen and oxygen atoms in total. The molecule has 1 N–H and O–H groups in total. The highest BCUT2D eigenvalue weighted by molar-refractivity contribution is 6.28. The molecule has 2 rings (SSSR count). The molecule has 0 amide bonds. The predicted molar refractivity (Wildman–Crippen MR) is 66.8 cm³/mol. The van der Waals surface area contributed by atoms with Crippen LogP contribution in [0.1, 0.15) is 5.56 Å². The van der Waals surface area contributed by atoms with Gasteiger partial charge in [-0.2, -0.15) is 20.1 Å². The fourth-order valence-corrected chi connectivity index (χ4v) is 1.57. The van der Waals surface area contributed by atoms with Crippen LogP contribution < -0.4 is 10.1 Å². The van der Waals surface area contributed by atoms with Crippen LogP contribution in [0.3, 0.4) is 0 Å². The van der Waals surface area contributed by atoms with E-state index in [0.29, 0.717) is 12.5 Å². The van der Waals surface area contributed by atoms with Crippen molar-refractivity contribution in [1.82, 2.24) is 24.7 Å². The van der Waals surface area contributed by atoms with Gasteiger partial charge in [-0.05, 0) is 23.6 Å². The number of methoxy groups -OCH3 is 1. The molecular formula is C10H13ClN6O. The van der Waals surface area contributed by atoms with Crippen LogP contribution >= 0.6 is 11.6 Å². The molecule has 0 saturated heterocycles. The standard InChI is InChI=1S/C10H13ClN6O/c1-17-6-7(5-13-17)3-4-12-9-14-8(11)15-10(16-9)18-2/h5-6H,3-4H2,1-2H3,(H,12,14,15,16). The first-order valence-corrected chi connectivity index (χ1v) is 5.72. The van der Waals surface area contributed by atoms with Gasteiger partial charge in [-0.3, -0.25) is 4.68 Å². The second-order valence-corrected chi connectivity index (χ2v) is 3.95. The molecule has 2 aromatic heterocycles. The van der Waals surface area contributed by atoms with Crippen molar-refractivity contribution in [3.05, 3.63) is 23.2 Å². The van der Waals surface area contributed by atoms with E-state index < -0.39 is 0 Å². The van der Waals surface area contributed by atoms with Crippen LogP contribution in [0.5, 0.6) is 6.01 Å². The molecule has 0 aliphatic heterocycles. The monoisotopic (exact) mass is 268 g/mol. The van der Waals surface area contributed by atoms with Crippen molar-refractivity contribution in [2.75, 3.05) is 19.0 Å². The zero-order valence-corrected chi connectivity index (χ0v) is 10.8. The van der Waals surface area contributed by atoms with Crippen molar-refractivity contribution in [1.29, 1.82) is 0 Å². The van der Waals surface area contributed by atoms with E-state index in [4.69, 9.17) is 16.3 Å². The second-order valence-electron chi connectivity index (χ2n) is 3.61. The predicted octanol–water partition coefficient (Wildman–Crippen LogP) is 0.922. The van der Waals surface area contributed by atoms with Gasteiger partial charge in [-0.25, -0.2) is 0 Å². The zero-order valence-electron chi connectivity index (χ0n) is 10.1. The van der Waals surface area contributed by atoms with Gasteiger partial charge in [0.1, 0.15) is 0 Å². The fraction of sp³-hybridized carbons (Fsp3) is 0.400. The highest BCUT2D eigenvalue weighted by atomic mass is 35.5. The highest BCUT2D eigenvalue weighted by Crippen LogP contribution is 2.10. The SMILES string of the molecule is COc1nc(Cl)nc(NCCc2cnn(C)c2)n1. The summed E-state index contributed by atoms with van der Waals surface area (Å²) in [7, 11) is 3.36. The quantitative estimate of drug-likeness (QED) is 0.869. The van der Waals surface area contributed by atoms with Gasteiger partial charge in [-0.15, -0.1) is 0 Å². The molecule has 0 fully saturated rings. The number of aromatic nitrogens is 5. The Morgan fingerprint density at radius 1 is 1.39 bits per heavy atom. The summed E-state index contributed by atoms with van der Waals surface area (Å²) in [5.41, 5.74) is 1.14. The number of nitrogens with zero attached hydrogens (tertiary/aromatic N) is 5. The number of aryl methyl sites for hydroxylation is 1. The van der Waals surface area contributed by atoms with E-state index in [-0.39, 0.29) is 11.3 Å². The van der Waals surface area contributed by atoms with Gasteiger partial charge in [0.05, 0.1) is 13.3 Å². The maximum atomic E-state index is 5.73. The first kappa shape index (κ1) is 12.6. The number of hydrogen-bond donors (Lipinski definition) is 1. The molecule has 0 aliphatic rings. The Labute approximate surface area is 109 Å². The third-order valence-corrected chi connectivity index (χ3v) is 2.39. The van der Waals surface area contributed by atoms with Crippen LogP contribution in [0.2, 0.25) is 5.28 Å². The number of halogens is 1. The van der Waals surface area contributed by atoms with E-state index in [1.807, 2.05) is 19.4 Å². The Morgan fingerprint density at radius 2 is 2.22 bits per heavy atom. The van der Waals surface area contributed by atoms with Crippen LogP contribution in [0, 0.1) is 0 Å². The Bertz CT molecular complexity index is 529. The van der Waals surface area contributed by atoms with Gasteiger partial charge >= 0.3 is 6.01 Å². The van der Waals surface area contributed by atoms with Crippen molar-refractivity contribution in [3.63, 3.8) is 0 Å². The molecule has 0 aromatic carbocycles. The normalized spacial score (nSPS) is 10.4. The molecule has 96 valence electrons. The summed E-state index contributed by atoms with van der Waals surface area (Å²) in [6, 6.07) is 0.193. The minimum absolute atomic E-state index is 0.103. The highest BCUT2D eigenvalue weighted by Gasteiger charge is 2.04. The molecule has 0 saturated carbocycles. The summed E-state index contributed by atoms with van der Waals surface area (Å²) in [4.78, 5) is 11.8. The summed E-state index contributed by atoms with van der Waals surface area (Å²) in [6.07, 6.45) is 4.60. The fourth-order valence-electron chi connectivity index (χ4n) is 1.42. The lowest BCUT2D eigenvalue weighted by molar-refractivity contribution is 0.379. The van der Waals surface area contributed by atoms with Crippen LogP contribution in [0.15, 0.2) is 12.4 Å². The molecule has 0 radical (unpaired) electrons. The average molecular weight is 269 g/mol. The largest absolute Gasteiger partial charge is 0.467 e. The number of anilines is 1. The van der Waals surface area contributed by atoms with Gasteiger partial charge in [0.25, 0.3) is 0 Å². The molecule has 2 heterocycles. The summed E-state index contributed by atoms with van der Waals surface area (Å²) >= 11 is 5.73. The van der Waals surface area contributed by atoms with Crippen molar-refractivity contribution in [2.45, 2.75) is 6.42 Å². The van der Waals surface area contributed by atoms with Gasteiger partial charge < -0.3 is 10.1 Å².